The zero-order valence-electron chi connectivity index (χ0n) is 8.91. The third kappa shape index (κ3) is 2.48. The van der Waals surface area contributed by atoms with Gasteiger partial charge >= 0.3 is 5.97 Å². The van der Waals surface area contributed by atoms with Crippen LogP contribution in [0.15, 0.2) is 18.3 Å². The van der Waals surface area contributed by atoms with Crippen molar-refractivity contribution >= 4 is 40.1 Å². The Bertz CT molecular complexity index is 587. The maximum absolute atomic E-state index is 11.5. The molecule has 2 aromatic rings. The standard InChI is InChI=1S/C11H8Cl2N2O2/c1-2-17-11(16)8-4-6-3-7(12)5-14-9(6)10(13)15-8/h3-5H,2H2,1H3. The predicted octanol–water partition coefficient (Wildman–Crippen LogP) is 3.11. The molecule has 6 heteroatoms. The largest absolute Gasteiger partial charge is 0.461 e. The van der Waals surface area contributed by atoms with Gasteiger partial charge in [0.1, 0.15) is 5.52 Å². The van der Waals surface area contributed by atoms with Gasteiger partial charge < -0.3 is 4.74 Å². The second-order valence-corrected chi connectivity index (χ2v) is 4.04. The lowest BCUT2D eigenvalue weighted by Crippen LogP contribution is -2.07. The van der Waals surface area contributed by atoms with Crippen LogP contribution in [-0.2, 0) is 4.74 Å². The number of carbonyl (C=O) groups is 1. The predicted molar refractivity (Wildman–Crippen MR) is 65.5 cm³/mol. The third-order valence-electron chi connectivity index (χ3n) is 2.07. The molecule has 0 unspecified atom stereocenters. The van der Waals surface area contributed by atoms with Gasteiger partial charge in [0.25, 0.3) is 0 Å². The quantitative estimate of drug-likeness (QED) is 0.622. The smallest absolute Gasteiger partial charge is 0.356 e. The molecule has 2 heterocycles. The second-order valence-electron chi connectivity index (χ2n) is 3.24. The Morgan fingerprint density at radius 1 is 1.41 bits per heavy atom. The monoisotopic (exact) mass is 270 g/mol. The molecule has 0 N–H and O–H groups in total. The average molecular weight is 271 g/mol. The summed E-state index contributed by atoms with van der Waals surface area (Å²) in [6.07, 6.45) is 1.47. The van der Waals surface area contributed by atoms with E-state index in [-0.39, 0.29) is 17.5 Å². The average Bonchev–Trinajstić information content (AvgIpc) is 2.28. The number of fused-ring (bicyclic) bond motifs is 1. The van der Waals surface area contributed by atoms with E-state index in [9.17, 15) is 4.79 Å². The van der Waals surface area contributed by atoms with E-state index in [0.29, 0.717) is 15.9 Å². The van der Waals surface area contributed by atoms with Crippen molar-refractivity contribution in [3.05, 3.63) is 34.2 Å². The Morgan fingerprint density at radius 2 is 2.18 bits per heavy atom. The van der Waals surface area contributed by atoms with Gasteiger partial charge in [0.2, 0.25) is 0 Å². The van der Waals surface area contributed by atoms with E-state index in [0.717, 1.165) is 0 Å². The summed E-state index contributed by atoms with van der Waals surface area (Å²) >= 11 is 11.8. The number of halogens is 2. The zero-order chi connectivity index (χ0) is 12.4. The van der Waals surface area contributed by atoms with Crippen molar-refractivity contribution in [2.75, 3.05) is 6.61 Å². The third-order valence-corrected chi connectivity index (χ3v) is 2.54. The molecular formula is C11H8Cl2N2O2. The van der Waals surface area contributed by atoms with Crippen molar-refractivity contribution in [3.8, 4) is 0 Å². The van der Waals surface area contributed by atoms with Crippen molar-refractivity contribution in [1.29, 1.82) is 0 Å². The van der Waals surface area contributed by atoms with Crippen molar-refractivity contribution in [1.82, 2.24) is 9.97 Å². The Morgan fingerprint density at radius 3 is 2.88 bits per heavy atom. The molecule has 0 spiro atoms. The number of hydrogen-bond acceptors (Lipinski definition) is 4. The minimum atomic E-state index is -0.517. The minimum Gasteiger partial charge on any atom is -0.461 e. The van der Waals surface area contributed by atoms with E-state index >= 15 is 0 Å². The molecule has 17 heavy (non-hydrogen) atoms. The van der Waals surface area contributed by atoms with Crippen molar-refractivity contribution in [2.45, 2.75) is 6.92 Å². The lowest BCUT2D eigenvalue weighted by Gasteiger charge is -2.04. The van der Waals surface area contributed by atoms with Gasteiger partial charge in [-0.3, -0.25) is 4.98 Å². The first-order valence-corrected chi connectivity index (χ1v) is 5.66. The fourth-order valence-corrected chi connectivity index (χ4v) is 1.80. The highest BCUT2D eigenvalue weighted by molar-refractivity contribution is 6.35. The summed E-state index contributed by atoms with van der Waals surface area (Å²) in [6, 6.07) is 3.22. The molecule has 88 valence electrons. The molecule has 0 aliphatic carbocycles. The van der Waals surface area contributed by atoms with E-state index in [1.54, 1.807) is 19.1 Å². The molecule has 2 rings (SSSR count). The second kappa shape index (κ2) is 4.85. The van der Waals surface area contributed by atoms with Crippen LogP contribution < -0.4 is 0 Å². The molecule has 0 saturated heterocycles. The van der Waals surface area contributed by atoms with E-state index < -0.39 is 5.97 Å². The van der Waals surface area contributed by atoms with Crippen LogP contribution in [0.3, 0.4) is 0 Å². The number of pyridine rings is 2. The van der Waals surface area contributed by atoms with E-state index in [1.165, 1.54) is 6.20 Å². The van der Waals surface area contributed by atoms with Crippen LogP contribution in [0, 0.1) is 0 Å². The van der Waals surface area contributed by atoms with E-state index in [1.807, 2.05) is 0 Å². The summed E-state index contributed by atoms with van der Waals surface area (Å²) in [6.45, 7) is 2.00. The highest BCUT2D eigenvalue weighted by atomic mass is 35.5. The molecule has 0 radical (unpaired) electrons. The molecule has 0 fully saturated rings. The molecule has 2 aromatic heterocycles. The molecule has 0 saturated carbocycles. The van der Waals surface area contributed by atoms with Crippen LogP contribution in [0.1, 0.15) is 17.4 Å². The Hall–Kier alpha value is -1.39. The van der Waals surface area contributed by atoms with Gasteiger partial charge in [-0.25, -0.2) is 9.78 Å². The number of ether oxygens (including phenoxy) is 1. The van der Waals surface area contributed by atoms with E-state index in [2.05, 4.69) is 9.97 Å². The van der Waals surface area contributed by atoms with Crippen molar-refractivity contribution in [2.24, 2.45) is 0 Å². The number of nitrogens with zero attached hydrogens (tertiary/aromatic N) is 2. The van der Waals surface area contributed by atoms with E-state index in [4.69, 9.17) is 27.9 Å². The number of esters is 1. The van der Waals surface area contributed by atoms with Crippen LogP contribution in [0.25, 0.3) is 10.9 Å². The lowest BCUT2D eigenvalue weighted by molar-refractivity contribution is 0.0520. The highest BCUT2D eigenvalue weighted by Gasteiger charge is 2.12. The van der Waals surface area contributed by atoms with Crippen molar-refractivity contribution < 1.29 is 9.53 Å². The number of carbonyl (C=O) groups excluding carboxylic acids is 1. The van der Waals surface area contributed by atoms with Crippen molar-refractivity contribution in [3.63, 3.8) is 0 Å². The maximum Gasteiger partial charge on any atom is 0.356 e. The van der Waals surface area contributed by atoms with Gasteiger partial charge in [0.15, 0.2) is 10.8 Å². The molecular weight excluding hydrogens is 263 g/mol. The molecule has 0 atom stereocenters. The molecule has 0 bridgehead atoms. The molecule has 0 amide bonds. The molecule has 0 aromatic carbocycles. The highest BCUT2D eigenvalue weighted by Crippen LogP contribution is 2.23. The number of aromatic nitrogens is 2. The lowest BCUT2D eigenvalue weighted by atomic mass is 10.2. The van der Waals surface area contributed by atoms with Gasteiger partial charge in [-0.15, -0.1) is 0 Å². The summed E-state index contributed by atoms with van der Waals surface area (Å²) in [5, 5.41) is 1.28. The first-order valence-electron chi connectivity index (χ1n) is 4.90. The number of hydrogen-bond donors (Lipinski definition) is 0. The van der Waals surface area contributed by atoms with Crippen LogP contribution in [0.4, 0.5) is 0 Å². The summed E-state index contributed by atoms with van der Waals surface area (Å²) in [5.41, 5.74) is 0.650. The molecule has 0 aliphatic rings. The summed E-state index contributed by atoms with van der Waals surface area (Å²) < 4.78 is 4.85. The van der Waals surface area contributed by atoms with Gasteiger partial charge in [0, 0.05) is 11.6 Å². The van der Waals surface area contributed by atoms with Crippen LogP contribution in [0.2, 0.25) is 10.2 Å². The fourth-order valence-electron chi connectivity index (χ4n) is 1.39. The zero-order valence-corrected chi connectivity index (χ0v) is 10.4. The summed E-state index contributed by atoms with van der Waals surface area (Å²) in [4.78, 5) is 19.5. The first-order chi connectivity index (χ1) is 8.11. The van der Waals surface area contributed by atoms with Crippen LogP contribution in [-0.4, -0.2) is 22.5 Å². The van der Waals surface area contributed by atoms with Gasteiger partial charge in [-0.1, -0.05) is 23.2 Å². The normalized spacial score (nSPS) is 10.5. The Balaban J connectivity index is 2.57. The van der Waals surface area contributed by atoms with Crippen LogP contribution >= 0.6 is 23.2 Å². The Kier molecular flexibility index (Phi) is 3.45. The van der Waals surface area contributed by atoms with Gasteiger partial charge in [-0.05, 0) is 19.1 Å². The molecule has 0 aliphatic heterocycles. The van der Waals surface area contributed by atoms with Crippen LogP contribution in [0.5, 0.6) is 0 Å². The SMILES string of the molecule is CCOC(=O)c1cc2cc(Cl)cnc2c(Cl)n1. The summed E-state index contributed by atoms with van der Waals surface area (Å²) in [7, 11) is 0. The molecule has 4 nitrogen and oxygen atoms in total. The minimum absolute atomic E-state index is 0.147. The topological polar surface area (TPSA) is 52.1 Å². The Labute approximate surface area is 108 Å². The summed E-state index contributed by atoms with van der Waals surface area (Å²) in [5.74, 6) is -0.517. The maximum atomic E-state index is 11.5. The fraction of sp³-hybridized carbons (Fsp3) is 0.182. The first kappa shape index (κ1) is 12.1. The van der Waals surface area contributed by atoms with Gasteiger partial charge in [-0.2, -0.15) is 0 Å². The van der Waals surface area contributed by atoms with Gasteiger partial charge in [0.05, 0.1) is 11.6 Å². The number of rotatable bonds is 2.